The predicted molar refractivity (Wildman–Crippen MR) is 77.2 cm³/mol. The highest BCUT2D eigenvalue weighted by Gasteiger charge is 2.10. The van der Waals surface area contributed by atoms with Crippen molar-refractivity contribution in [3.05, 3.63) is 32.7 Å². The molecule has 1 saturated heterocycles. The third-order valence-corrected chi connectivity index (χ3v) is 4.48. The van der Waals surface area contributed by atoms with Crippen molar-refractivity contribution < 1.29 is 0 Å². The first-order chi connectivity index (χ1) is 7.25. The monoisotopic (exact) mass is 368 g/mol. The van der Waals surface area contributed by atoms with E-state index in [1.54, 1.807) is 0 Å². The highest BCUT2D eigenvalue weighted by molar-refractivity contribution is 9.13. The summed E-state index contributed by atoms with van der Waals surface area (Å²) in [5.74, 6) is 0. The van der Waals surface area contributed by atoms with Gasteiger partial charge in [0.05, 0.1) is 0 Å². The topological polar surface area (TPSA) is 15.3 Å². The van der Waals surface area contributed by atoms with E-state index in [9.17, 15) is 0 Å². The van der Waals surface area contributed by atoms with Crippen LogP contribution in [0.1, 0.15) is 5.56 Å². The summed E-state index contributed by atoms with van der Waals surface area (Å²) >= 11 is 7.02. The van der Waals surface area contributed by atoms with Crippen LogP contribution in [-0.2, 0) is 6.54 Å². The molecule has 1 N–H and O–H groups in total. The van der Waals surface area contributed by atoms with E-state index in [0.717, 1.165) is 41.7 Å². The Morgan fingerprint density at radius 3 is 2.44 bits per heavy atom. The van der Waals surface area contributed by atoms with Gasteiger partial charge in [0.1, 0.15) is 0 Å². The van der Waals surface area contributed by atoms with Crippen LogP contribution in [0.2, 0.25) is 0 Å². The van der Waals surface area contributed by atoms with Crippen molar-refractivity contribution in [3.63, 3.8) is 0 Å². The van der Waals surface area contributed by atoms with E-state index < -0.39 is 0 Å². The van der Waals surface area contributed by atoms with Crippen molar-refractivity contribution in [2.24, 2.45) is 0 Å². The normalized spacial score (nSPS) is 16.9. The fourth-order valence-corrected chi connectivity index (χ4v) is 2.44. The first kappa shape index (κ1) is 14.5. The predicted octanol–water partition coefficient (Wildman–Crippen LogP) is 3.04. The Bertz CT molecular complexity index is 341. The van der Waals surface area contributed by atoms with Crippen molar-refractivity contribution in [1.82, 2.24) is 10.2 Å². The number of benzene rings is 1. The van der Waals surface area contributed by atoms with Gasteiger partial charge >= 0.3 is 0 Å². The third kappa shape index (κ3) is 4.00. The summed E-state index contributed by atoms with van der Waals surface area (Å²) in [5, 5.41) is 3.36. The number of piperazine rings is 1. The maximum Gasteiger partial charge on any atom is 0.0320 e. The van der Waals surface area contributed by atoms with Crippen molar-refractivity contribution in [2.75, 3.05) is 26.2 Å². The molecule has 90 valence electrons. The van der Waals surface area contributed by atoms with Gasteiger partial charge in [0.15, 0.2) is 0 Å². The van der Waals surface area contributed by atoms with Gasteiger partial charge in [-0.25, -0.2) is 0 Å². The lowest BCUT2D eigenvalue weighted by Crippen LogP contribution is -2.42. The number of hydrogen-bond acceptors (Lipinski definition) is 2. The molecule has 1 aliphatic rings. The zero-order valence-corrected chi connectivity index (χ0v) is 12.9. The van der Waals surface area contributed by atoms with Crippen LogP contribution in [0, 0.1) is 0 Å². The molecule has 5 heteroatoms. The molecule has 0 radical (unpaired) electrons. The Kier molecular flexibility index (Phi) is 6.29. The quantitative estimate of drug-likeness (QED) is 0.861. The zero-order valence-electron chi connectivity index (χ0n) is 8.88. The number of hydrogen-bond donors (Lipinski definition) is 1. The van der Waals surface area contributed by atoms with E-state index in [2.05, 4.69) is 60.3 Å². The molecule has 2 nitrogen and oxygen atoms in total. The van der Waals surface area contributed by atoms with E-state index >= 15 is 0 Å². The highest BCUT2D eigenvalue weighted by Crippen LogP contribution is 2.24. The van der Waals surface area contributed by atoms with E-state index in [4.69, 9.17) is 0 Å². The highest BCUT2D eigenvalue weighted by atomic mass is 79.9. The Balaban J connectivity index is 0.00000128. The zero-order chi connectivity index (χ0) is 10.7. The molecule has 1 heterocycles. The second-order valence-electron chi connectivity index (χ2n) is 3.77. The summed E-state index contributed by atoms with van der Waals surface area (Å²) in [6.45, 7) is 5.56. The van der Waals surface area contributed by atoms with Crippen LogP contribution >= 0.6 is 44.3 Å². The maximum atomic E-state index is 3.53. The van der Waals surface area contributed by atoms with Gasteiger partial charge in [0.2, 0.25) is 0 Å². The smallest absolute Gasteiger partial charge is 0.0320 e. The maximum absolute atomic E-state index is 3.53. The van der Waals surface area contributed by atoms with Gasteiger partial charge in [0.25, 0.3) is 0 Å². The molecule has 0 aliphatic carbocycles. The summed E-state index contributed by atoms with van der Waals surface area (Å²) in [7, 11) is 0. The van der Waals surface area contributed by atoms with Gasteiger partial charge in [-0.1, -0.05) is 6.07 Å². The molecular weight excluding hydrogens is 355 g/mol. The van der Waals surface area contributed by atoms with Gasteiger partial charge in [-0.05, 0) is 49.6 Å². The molecular formula is C11H15Br2ClN2. The van der Waals surface area contributed by atoms with Crippen LogP contribution < -0.4 is 5.32 Å². The summed E-state index contributed by atoms with van der Waals surface area (Å²) in [4.78, 5) is 2.48. The largest absolute Gasteiger partial charge is 0.314 e. The molecule has 2 rings (SSSR count). The number of nitrogens with one attached hydrogen (secondary N) is 1. The molecule has 1 aromatic rings. The van der Waals surface area contributed by atoms with E-state index in [0.29, 0.717) is 0 Å². The Morgan fingerprint density at radius 2 is 1.81 bits per heavy atom. The number of halogens is 3. The van der Waals surface area contributed by atoms with E-state index in [1.807, 2.05) is 0 Å². The lowest BCUT2D eigenvalue weighted by atomic mass is 10.2. The SMILES string of the molecule is Brc1ccc(CN2CCNCC2)cc1Br.Cl. The number of nitrogens with zero attached hydrogens (tertiary/aromatic N) is 1. The van der Waals surface area contributed by atoms with Gasteiger partial charge < -0.3 is 5.32 Å². The average molecular weight is 371 g/mol. The molecule has 1 aliphatic heterocycles. The van der Waals surface area contributed by atoms with Gasteiger partial charge in [-0.3, -0.25) is 4.90 Å². The van der Waals surface area contributed by atoms with Gasteiger partial charge in [0, 0.05) is 41.7 Å². The molecule has 0 amide bonds. The second kappa shape index (κ2) is 6.97. The minimum absolute atomic E-state index is 0. The van der Waals surface area contributed by atoms with Gasteiger partial charge in [-0.15, -0.1) is 12.4 Å². The molecule has 0 aromatic heterocycles. The van der Waals surface area contributed by atoms with Crippen molar-refractivity contribution >= 4 is 44.3 Å². The Hall–Kier alpha value is 0.390. The van der Waals surface area contributed by atoms with Crippen molar-refractivity contribution in [2.45, 2.75) is 6.54 Å². The standard InChI is InChI=1S/C11H14Br2N2.ClH/c12-10-2-1-9(7-11(10)13)8-15-5-3-14-4-6-15;/h1-2,7,14H,3-6,8H2;1H. The molecule has 1 fully saturated rings. The summed E-state index contributed by atoms with van der Waals surface area (Å²) in [6, 6.07) is 6.46. The minimum Gasteiger partial charge on any atom is -0.314 e. The van der Waals surface area contributed by atoms with Crippen LogP contribution in [0.4, 0.5) is 0 Å². The lowest BCUT2D eigenvalue weighted by molar-refractivity contribution is 0.233. The fourth-order valence-electron chi connectivity index (χ4n) is 1.77. The molecule has 0 atom stereocenters. The van der Waals surface area contributed by atoms with Crippen LogP contribution in [0.25, 0.3) is 0 Å². The van der Waals surface area contributed by atoms with Crippen LogP contribution in [0.5, 0.6) is 0 Å². The van der Waals surface area contributed by atoms with Gasteiger partial charge in [-0.2, -0.15) is 0 Å². The van der Waals surface area contributed by atoms with Crippen LogP contribution in [-0.4, -0.2) is 31.1 Å². The van der Waals surface area contributed by atoms with Crippen molar-refractivity contribution in [1.29, 1.82) is 0 Å². The van der Waals surface area contributed by atoms with Crippen molar-refractivity contribution in [3.8, 4) is 0 Å². The Morgan fingerprint density at radius 1 is 1.12 bits per heavy atom. The summed E-state index contributed by atoms with van der Waals surface area (Å²) < 4.78 is 2.25. The van der Waals surface area contributed by atoms with Crippen LogP contribution in [0.15, 0.2) is 27.1 Å². The number of rotatable bonds is 2. The fraction of sp³-hybridized carbons (Fsp3) is 0.455. The minimum atomic E-state index is 0. The summed E-state index contributed by atoms with van der Waals surface area (Å²) in [5.41, 5.74) is 1.37. The molecule has 1 aromatic carbocycles. The van der Waals surface area contributed by atoms with E-state index in [-0.39, 0.29) is 12.4 Å². The Labute approximate surface area is 119 Å². The average Bonchev–Trinajstić information content (AvgIpc) is 2.25. The molecule has 0 saturated carbocycles. The lowest BCUT2D eigenvalue weighted by Gasteiger charge is -2.27. The first-order valence-electron chi connectivity index (χ1n) is 5.13. The van der Waals surface area contributed by atoms with Crippen LogP contribution in [0.3, 0.4) is 0 Å². The summed E-state index contributed by atoms with van der Waals surface area (Å²) in [6.07, 6.45) is 0. The molecule has 16 heavy (non-hydrogen) atoms. The molecule has 0 bridgehead atoms. The molecule has 0 spiro atoms. The van der Waals surface area contributed by atoms with E-state index in [1.165, 1.54) is 5.56 Å². The second-order valence-corrected chi connectivity index (χ2v) is 5.48. The third-order valence-electron chi connectivity index (χ3n) is 2.60. The molecule has 0 unspecified atom stereocenters. The first-order valence-corrected chi connectivity index (χ1v) is 6.71.